The number of benzene rings is 2. The molecule has 0 radical (unpaired) electrons. The number of methoxy groups -OCH3 is 2. The number of nitrogens with zero attached hydrogens (tertiary/aromatic N) is 4. The van der Waals surface area contributed by atoms with Crippen LogP contribution in [-0.4, -0.2) is 162 Å². The molecule has 4 N–H and O–H groups in total. The van der Waals surface area contributed by atoms with Crippen LogP contribution in [0, 0.1) is 40.4 Å². The van der Waals surface area contributed by atoms with E-state index in [0.29, 0.717) is 71.0 Å². The van der Waals surface area contributed by atoms with Gasteiger partial charge in [-0.3, -0.25) is 54.1 Å². The highest BCUT2D eigenvalue weighted by molar-refractivity contribution is 6.13. The third kappa shape index (κ3) is 17.2. The van der Waals surface area contributed by atoms with Crippen molar-refractivity contribution in [3.63, 3.8) is 0 Å². The number of likely N-dealkylation sites (tertiary alicyclic amines) is 2. The largest absolute Gasteiger partial charge is 0.459 e. The maximum absolute atomic E-state index is 14.8. The Balaban J connectivity index is 1.14. The highest BCUT2D eigenvalue weighted by Gasteiger charge is 2.83. The molecule has 1 aliphatic carbocycles. The molecule has 87 heavy (non-hydrogen) atoms. The first-order valence-electron chi connectivity index (χ1n) is 31.9. The fourth-order valence-corrected chi connectivity index (χ4v) is 13.7. The lowest BCUT2D eigenvalue weighted by Gasteiger charge is -2.41. The number of hydrogen-bond acceptors (Lipinski definition) is 12. The molecule has 20 nitrogen and oxygen atoms in total. The Labute approximate surface area is 517 Å². The number of amides is 8. The second-order valence-corrected chi connectivity index (χ2v) is 25.2. The second kappa shape index (κ2) is 33.2. The summed E-state index contributed by atoms with van der Waals surface area (Å²) in [6, 6.07) is 15.0. The Kier molecular flexibility index (Phi) is 27.1. The van der Waals surface area contributed by atoms with Crippen molar-refractivity contribution in [3.8, 4) is 0 Å². The average Bonchev–Trinajstić information content (AvgIpc) is 1.48. The number of fused-ring (bicyclic) bond motifs is 1. The van der Waals surface area contributed by atoms with Gasteiger partial charge in [-0.25, -0.2) is 9.37 Å². The minimum Gasteiger partial charge on any atom is -0.459 e. The van der Waals surface area contributed by atoms with E-state index in [9.17, 15) is 43.2 Å². The molecule has 20 heteroatoms. The molecule has 12 unspecified atom stereocenters. The highest BCUT2D eigenvalue weighted by Crippen LogP contribution is 2.76. The minimum absolute atomic E-state index is 0.0467. The lowest BCUT2D eigenvalue weighted by Crippen LogP contribution is -2.59. The van der Waals surface area contributed by atoms with Crippen LogP contribution in [0.15, 0.2) is 60.7 Å². The zero-order chi connectivity index (χ0) is 64.3. The summed E-state index contributed by atoms with van der Waals surface area (Å²) in [5, 5.41) is 6.03. The zero-order valence-electron chi connectivity index (χ0n) is 54.5. The molecule has 3 fully saturated rings. The number of esters is 1. The smallest absolute Gasteiger partial charge is 0.329 e. The van der Waals surface area contributed by atoms with Gasteiger partial charge in [0.1, 0.15) is 31.4 Å². The van der Waals surface area contributed by atoms with Crippen LogP contribution < -0.4 is 21.5 Å². The number of hydrogen-bond donors (Lipinski definition) is 4. The van der Waals surface area contributed by atoms with Crippen LogP contribution in [0.4, 0.5) is 0 Å². The quantitative estimate of drug-likeness (QED) is 0.0137. The third-order valence-electron chi connectivity index (χ3n) is 19.1. The van der Waals surface area contributed by atoms with Gasteiger partial charge >= 0.3 is 5.97 Å². The molecule has 12 atom stereocenters. The number of rotatable bonds is 35. The van der Waals surface area contributed by atoms with E-state index in [1.165, 1.54) is 19.1 Å². The van der Waals surface area contributed by atoms with Gasteiger partial charge in [0.05, 0.1) is 48.0 Å². The fraction of sp³-hybridized carbons (Fsp3) is 0.672. The van der Waals surface area contributed by atoms with Gasteiger partial charge in [0.15, 0.2) is 0 Å². The molecular formula is C67H103N8O12+. The van der Waals surface area contributed by atoms with E-state index in [2.05, 4.69) is 21.5 Å². The van der Waals surface area contributed by atoms with Crippen LogP contribution >= 0.6 is 0 Å². The van der Waals surface area contributed by atoms with Crippen LogP contribution in [-0.2, 0) is 70.4 Å². The number of hydrazine groups is 1. The maximum Gasteiger partial charge on any atom is 0.329 e. The molecule has 482 valence electrons. The highest BCUT2D eigenvalue weighted by atomic mass is 16.5. The van der Waals surface area contributed by atoms with E-state index in [1.54, 1.807) is 30.0 Å². The van der Waals surface area contributed by atoms with Gasteiger partial charge in [0.25, 0.3) is 5.91 Å². The van der Waals surface area contributed by atoms with Crippen molar-refractivity contribution in [1.29, 1.82) is 0 Å². The summed E-state index contributed by atoms with van der Waals surface area (Å²) < 4.78 is 19.8. The van der Waals surface area contributed by atoms with Gasteiger partial charge < -0.3 is 34.6 Å². The van der Waals surface area contributed by atoms with Crippen molar-refractivity contribution >= 4 is 59.4 Å². The summed E-state index contributed by atoms with van der Waals surface area (Å²) in [6.07, 6.45) is 6.15. The minimum atomic E-state index is -0.987. The summed E-state index contributed by atoms with van der Waals surface area (Å²) in [6.45, 7) is 22.3. The fourth-order valence-electron chi connectivity index (χ4n) is 13.7. The molecule has 2 heterocycles. The number of carbonyl (C=O) groups is 9. The Morgan fingerprint density at radius 3 is 1.94 bits per heavy atom. The molecule has 2 aromatic carbocycles. The Bertz CT molecular complexity index is 2690. The van der Waals surface area contributed by atoms with E-state index in [1.807, 2.05) is 134 Å². The number of unbranched alkanes of at least 4 members (excludes halogenated alkanes) is 2. The molecule has 2 aliphatic heterocycles. The normalized spacial score (nSPS) is 21.9. The van der Waals surface area contributed by atoms with Gasteiger partial charge in [-0.1, -0.05) is 143 Å². The Morgan fingerprint density at radius 2 is 1.40 bits per heavy atom. The van der Waals surface area contributed by atoms with Gasteiger partial charge in [-0.05, 0) is 66.9 Å². The van der Waals surface area contributed by atoms with Crippen LogP contribution in [0.25, 0.3) is 0 Å². The van der Waals surface area contributed by atoms with E-state index in [0.717, 1.165) is 17.5 Å². The number of imide groups is 1. The maximum atomic E-state index is 14.8. The van der Waals surface area contributed by atoms with E-state index in [4.69, 9.17) is 14.2 Å². The molecule has 0 spiro atoms. The number of ether oxygens (including phenoxy) is 3. The van der Waals surface area contributed by atoms with Crippen LogP contribution in [0.1, 0.15) is 164 Å². The lowest BCUT2D eigenvalue weighted by molar-refractivity contribution is -0.556. The number of likely N-dealkylation sites (N-methyl/N-ethyl adjacent to an activating group) is 1. The molecule has 0 bridgehead atoms. The van der Waals surface area contributed by atoms with Crippen LogP contribution in [0.3, 0.4) is 0 Å². The Morgan fingerprint density at radius 1 is 0.782 bits per heavy atom. The molecule has 2 aromatic rings. The van der Waals surface area contributed by atoms with Gasteiger partial charge in [-0.15, -0.1) is 0 Å². The van der Waals surface area contributed by atoms with Crippen molar-refractivity contribution in [1.82, 2.24) is 36.2 Å². The third-order valence-corrected chi connectivity index (χ3v) is 19.1. The molecular weight excluding hydrogens is 1110 g/mol. The SMILES string of the molecule is CC=[N+](CCCC(=O)NNC(=O)CCCCCN1C(=O)C2C(C)(CC)C2(CC)C1=O)C(C(=O)NC(C(=O)N(C)C(C(C)CC)C(CC(=O)N1CCCC1C(OC)C(C)C(=O)NC(Cc1ccccc1)C(=O)OCc1ccccc1)OC)C(C)C)C(C)C. The predicted molar refractivity (Wildman–Crippen MR) is 332 cm³/mol. The van der Waals surface area contributed by atoms with Crippen LogP contribution in [0.5, 0.6) is 0 Å². The van der Waals surface area contributed by atoms with Crippen molar-refractivity contribution < 1.29 is 61.9 Å². The molecule has 2 saturated heterocycles. The van der Waals surface area contributed by atoms with Crippen LogP contribution in [0.2, 0.25) is 0 Å². The summed E-state index contributed by atoms with van der Waals surface area (Å²) >= 11 is 0. The molecule has 5 rings (SSSR count). The Hall–Kier alpha value is -6.54. The summed E-state index contributed by atoms with van der Waals surface area (Å²) in [4.78, 5) is 128. The van der Waals surface area contributed by atoms with E-state index >= 15 is 0 Å². The second-order valence-electron chi connectivity index (χ2n) is 25.2. The first-order chi connectivity index (χ1) is 41.4. The van der Waals surface area contributed by atoms with E-state index < -0.39 is 71.5 Å². The zero-order valence-corrected chi connectivity index (χ0v) is 54.5. The van der Waals surface area contributed by atoms with Gasteiger partial charge in [0, 0.05) is 72.9 Å². The van der Waals surface area contributed by atoms with Crippen molar-refractivity contribution in [2.45, 2.75) is 209 Å². The lowest BCUT2D eigenvalue weighted by atomic mass is 9.88. The van der Waals surface area contributed by atoms with Gasteiger partial charge in [-0.2, -0.15) is 0 Å². The van der Waals surface area contributed by atoms with E-state index in [-0.39, 0.29) is 96.8 Å². The molecule has 0 aromatic heterocycles. The molecule has 1 saturated carbocycles. The van der Waals surface area contributed by atoms with Crippen molar-refractivity contribution in [2.24, 2.45) is 40.4 Å². The summed E-state index contributed by atoms with van der Waals surface area (Å²) in [7, 11) is 4.73. The predicted octanol–water partition coefficient (Wildman–Crippen LogP) is 6.95. The van der Waals surface area contributed by atoms with Crippen molar-refractivity contribution in [2.75, 3.05) is 40.9 Å². The number of piperidine rings is 1. The van der Waals surface area contributed by atoms with Gasteiger partial charge in [0.2, 0.25) is 47.4 Å². The average molecular weight is 1210 g/mol. The standard InChI is InChI=1S/C67H102N8O12/c1-15-45(9)57(51(85-13)41-54(78)74-39-28-34-50(74)58(86-14)46(10)60(79)68-49(40-47-30-22-19-23-31-47)64(83)87-42-48-32-24-20-25-33-48)72(12)62(81)55(43(5)6)69-61(80)56(44(7)8)73(18-4)37-29-36-53(77)71-70-52(76)35-26-21-27-38-75-63(82)59-66(11,16-2)67(59,17-3)65(75)84/h18-20,22-25,30-33,43-46,49-51,55-59H,15-17,21,26-29,34-42H2,1-14H3,(H3-,68,69,70,71,76,77,79,80)/p+1. The van der Waals surface area contributed by atoms with Crippen molar-refractivity contribution in [3.05, 3.63) is 71.8 Å². The number of carbonyl (C=O) groups excluding carboxylic acids is 9. The summed E-state index contributed by atoms with van der Waals surface area (Å²) in [5.41, 5.74) is 5.80. The summed E-state index contributed by atoms with van der Waals surface area (Å²) in [5.74, 6) is -4.46. The number of nitrogens with one attached hydrogen (secondary N) is 4. The molecule has 8 amide bonds. The molecule has 3 aliphatic rings. The topological polar surface area (TPSA) is 242 Å². The first-order valence-corrected chi connectivity index (χ1v) is 31.9. The monoisotopic (exact) mass is 1210 g/mol. The first kappa shape index (κ1) is 71.2.